The topological polar surface area (TPSA) is 83.5 Å². The van der Waals surface area contributed by atoms with Crippen molar-refractivity contribution in [2.45, 2.75) is 116 Å². The molecule has 0 rings (SSSR count). The lowest BCUT2D eigenvalue weighted by Gasteiger charge is -2.13. The summed E-state index contributed by atoms with van der Waals surface area (Å²) in [5, 5.41) is 11.5. The molecule has 1 unspecified atom stereocenters. The van der Waals surface area contributed by atoms with Gasteiger partial charge in [-0.25, -0.2) is 4.79 Å². The lowest BCUT2D eigenvalue weighted by molar-refractivity contribution is -0.142. The predicted molar refractivity (Wildman–Crippen MR) is 105 cm³/mol. The number of nitrogens with one attached hydrogen (secondary N) is 1. The molecule has 0 aliphatic rings. The maximum atomic E-state index is 11.8. The number of hydrogen-bond acceptors (Lipinski definition) is 3. The second-order valence-electron chi connectivity index (χ2n) is 7.19. The van der Waals surface area contributed by atoms with Gasteiger partial charge in [0.2, 0.25) is 5.91 Å². The van der Waals surface area contributed by atoms with E-state index in [1.807, 2.05) is 0 Å². The fraction of sp³-hybridized carbons (Fsp3) is 0.857. The number of hydrogen-bond donors (Lipinski definition) is 2. The van der Waals surface area contributed by atoms with Gasteiger partial charge in [-0.2, -0.15) is 0 Å². The molecular weight excluding hydrogens is 330 g/mol. The van der Waals surface area contributed by atoms with Gasteiger partial charge in [0.25, 0.3) is 0 Å². The Morgan fingerprint density at radius 2 is 1.31 bits per heavy atom. The molecule has 0 saturated carbocycles. The minimum Gasteiger partial charge on any atom is -0.480 e. The van der Waals surface area contributed by atoms with Crippen LogP contribution in [0.25, 0.3) is 0 Å². The van der Waals surface area contributed by atoms with Crippen molar-refractivity contribution < 1.29 is 19.5 Å². The van der Waals surface area contributed by atoms with E-state index < -0.39 is 12.0 Å². The summed E-state index contributed by atoms with van der Waals surface area (Å²) in [7, 11) is 0. The van der Waals surface area contributed by atoms with Crippen LogP contribution in [-0.2, 0) is 14.4 Å². The van der Waals surface area contributed by atoms with Gasteiger partial charge < -0.3 is 15.2 Å². The molecule has 0 aromatic heterocycles. The summed E-state index contributed by atoms with van der Waals surface area (Å²) in [4.78, 5) is 33.1. The second-order valence-corrected chi connectivity index (χ2v) is 7.19. The van der Waals surface area contributed by atoms with Crippen molar-refractivity contribution in [2.75, 3.05) is 0 Å². The minimum absolute atomic E-state index is 0.149. The first-order valence-electron chi connectivity index (χ1n) is 10.6. The molecule has 0 aromatic carbocycles. The van der Waals surface area contributed by atoms with Crippen LogP contribution in [0, 0.1) is 0 Å². The van der Waals surface area contributed by atoms with Crippen molar-refractivity contribution in [1.82, 2.24) is 5.32 Å². The zero-order valence-corrected chi connectivity index (χ0v) is 16.6. The molecule has 0 aromatic rings. The van der Waals surface area contributed by atoms with Gasteiger partial charge in [-0.15, -0.1) is 0 Å². The summed E-state index contributed by atoms with van der Waals surface area (Å²) in [6.07, 6.45) is 17.6. The third-order valence-corrected chi connectivity index (χ3v) is 4.71. The Morgan fingerprint density at radius 3 is 1.73 bits per heavy atom. The van der Waals surface area contributed by atoms with E-state index in [1.165, 1.54) is 64.2 Å². The Morgan fingerprint density at radius 1 is 0.846 bits per heavy atom. The van der Waals surface area contributed by atoms with Gasteiger partial charge in [-0.05, 0) is 12.8 Å². The Hall–Kier alpha value is -1.39. The van der Waals surface area contributed by atoms with Crippen LogP contribution in [0.4, 0.5) is 0 Å². The molecule has 0 aliphatic carbocycles. The summed E-state index contributed by atoms with van der Waals surface area (Å²) >= 11 is 0. The third-order valence-electron chi connectivity index (χ3n) is 4.71. The molecule has 2 N–H and O–H groups in total. The van der Waals surface area contributed by atoms with E-state index in [0.29, 0.717) is 12.7 Å². The van der Waals surface area contributed by atoms with Crippen LogP contribution in [0.3, 0.4) is 0 Å². The van der Waals surface area contributed by atoms with Crippen LogP contribution in [-0.4, -0.2) is 29.3 Å². The van der Waals surface area contributed by atoms with Gasteiger partial charge in [-0.3, -0.25) is 4.79 Å². The smallest absolute Gasteiger partial charge is 0.326 e. The largest absolute Gasteiger partial charge is 0.480 e. The molecule has 0 heterocycles. The van der Waals surface area contributed by atoms with Crippen molar-refractivity contribution in [3.63, 3.8) is 0 Å². The van der Waals surface area contributed by atoms with Crippen LogP contribution in [0.1, 0.15) is 110 Å². The zero-order valence-electron chi connectivity index (χ0n) is 16.6. The molecular formula is C21H39NO4. The first-order chi connectivity index (χ1) is 12.6. The molecule has 0 aliphatic heterocycles. The van der Waals surface area contributed by atoms with Crippen LogP contribution in [0.15, 0.2) is 0 Å². The van der Waals surface area contributed by atoms with Gasteiger partial charge >= 0.3 is 5.97 Å². The maximum absolute atomic E-state index is 11.8. The van der Waals surface area contributed by atoms with E-state index in [-0.39, 0.29) is 18.7 Å². The summed E-state index contributed by atoms with van der Waals surface area (Å²) in [5.74, 6) is -1.31. The predicted octanol–water partition coefficient (Wildman–Crippen LogP) is 5.02. The number of carbonyl (C=O) groups excluding carboxylic acids is 2. The summed E-state index contributed by atoms with van der Waals surface area (Å²) in [5.41, 5.74) is 0. The quantitative estimate of drug-likeness (QED) is 0.247. The number of unbranched alkanes of at least 4 members (excludes halogenated alkanes) is 12. The Bertz CT molecular complexity index is 371. The number of carboxylic acids is 1. The average molecular weight is 370 g/mol. The molecule has 0 fully saturated rings. The average Bonchev–Trinajstić information content (AvgIpc) is 2.62. The van der Waals surface area contributed by atoms with E-state index in [1.54, 1.807) is 0 Å². The molecule has 0 bridgehead atoms. The van der Waals surface area contributed by atoms with Crippen LogP contribution >= 0.6 is 0 Å². The second kappa shape index (κ2) is 18.4. The Labute approximate surface area is 159 Å². The SMILES string of the molecule is CCCCCCCCCCCCCCCC(=O)NC(CCC=O)C(=O)O. The van der Waals surface area contributed by atoms with Crippen molar-refractivity contribution in [2.24, 2.45) is 0 Å². The lowest BCUT2D eigenvalue weighted by atomic mass is 10.0. The Balaban J connectivity index is 3.44. The van der Waals surface area contributed by atoms with E-state index in [4.69, 9.17) is 5.11 Å². The number of aliphatic carboxylic acids is 1. The van der Waals surface area contributed by atoms with Gasteiger partial charge in [0.1, 0.15) is 12.3 Å². The number of carboxylic acid groups (broad SMARTS) is 1. The Kier molecular flexibility index (Phi) is 17.4. The maximum Gasteiger partial charge on any atom is 0.326 e. The molecule has 0 saturated heterocycles. The molecule has 1 atom stereocenters. The van der Waals surface area contributed by atoms with Crippen molar-refractivity contribution in [3.8, 4) is 0 Å². The van der Waals surface area contributed by atoms with Gasteiger partial charge in [0.05, 0.1) is 0 Å². The fourth-order valence-electron chi connectivity index (χ4n) is 3.06. The fourth-order valence-corrected chi connectivity index (χ4v) is 3.06. The van der Waals surface area contributed by atoms with Gasteiger partial charge in [-0.1, -0.05) is 84.0 Å². The van der Waals surface area contributed by atoms with Crippen molar-refractivity contribution >= 4 is 18.2 Å². The molecule has 152 valence electrons. The highest BCUT2D eigenvalue weighted by Crippen LogP contribution is 2.13. The van der Waals surface area contributed by atoms with Crippen LogP contribution < -0.4 is 5.32 Å². The van der Waals surface area contributed by atoms with E-state index in [0.717, 1.165) is 19.3 Å². The van der Waals surface area contributed by atoms with Gasteiger partial charge in [0.15, 0.2) is 0 Å². The number of rotatable bonds is 19. The minimum atomic E-state index is -1.08. The normalized spacial score (nSPS) is 11.9. The number of carbonyl (C=O) groups is 3. The summed E-state index contributed by atoms with van der Waals surface area (Å²) < 4.78 is 0. The molecule has 0 radical (unpaired) electrons. The first-order valence-corrected chi connectivity index (χ1v) is 10.6. The van der Waals surface area contributed by atoms with E-state index in [2.05, 4.69) is 12.2 Å². The molecule has 5 nitrogen and oxygen atoms in total. The molecule has 0 spiro atoms. The molecule has 1 amide bonds. The highest BCUT2D eigenvalue weighted by atomic mass is 16.4. The van der Waals surface area contributed by atoms with Gasteiger partial charge in [0, 0.05) is 12.8 Å². The highest BCUT2D eigenvalue weighted by molar-refractivity contribution is 5.83. The van der Waals surface area contributed by atoms with Crippen LogP contribution in [0.5, 0.6) is 0 Å². The lowest BCUT2D eigenvalue weighted by Crippen LogP contribution is -2.40. The monoisotopic (exact) mass is 369 g/mol. The summed E-state index contributed by atoms with van der Waals surface area (Å²) in [6, 6.07) is -0.949. The zero-order chi connectivity index (χ0) is 19.5. The molecule has 26 heavy (non-hydrogen) atoms. The van der Waals surface area contributed by atoms with Crippen molar-refractivity contribution in [1.29, 1.82) is 0 Å². The van der Waals surface area contributed by atoms with Crippen molar-refractivity contribution in [3.05, 3.63) is 0 Å². The standard InChI is InChI=1S/C21H39NO4/c1-2-3-4-5-6-7-8-9-10-11-12-13-14-17-20(24)22-19(21(25)26)16-15-18-23/h18-19H,2-17H2,1H3,(H,22,24)(H,25,26). The molecule has 5 heteroatoms. The van der Waals surface area contributed by atoms with E-state index >= 15 is 0 Å². The number of amides is 1. The van der Waals surface area contributed by atoms with E-state index in [9.17, 15) is 14.4 Å². The highest BCUT2D eigenvalue weighted by Gasteiger charge is 2.18. The number of aldehydes is 1. The van der Waals surface area contributed by atoms with Crippen LogP contribution in [0.2, 0.25) is 0 Å². The summed E-state index contributed by atoms with van der Waals surface area (Å²) in [6.45, 7) is 2.25. The first kappa shape index (κ1) is 24.6. The third kappa shape index (κ3) is 16.1.